The number of pyridine rings is 1. The Labute approximate surface area is 245 Å². The number of hydrogen-bond acceptors (Lipinski definition) is 7. The van der Waals surface area contributed by atoms with E-state index in [1.165, 1.54) is 19.2 Å². The van der Waals surface area contributed by atoms with Crippen molar-refractivity contribution in [3.05, 3.63) is 47.4 Å². The number of rotatable bonds is 5. The van der Waals surface area contributed by atoms with E-state index in [9.17, 15) is 17.6 Å². The number of nitrogens with zero attached hydrogens (tertiary/aromatic N) is 5. The molecular formula is C31H33F5N6O. The summed E-state index contributed by atoms with van der Waals surface area (Å²) in [6.07, 6.45) is 0.565. The molecule has 4 aliphatic rings. The number of anilines is 2. The van der Waals surface area contributed by atoms with Crippen LogP contribution in [0.1, 0.15) is 49.7 Å². The summed E-state index contributed by atoms with van der Waals surface area (Å²) in [7, 11) is 0. The zero-order valence-electron chi connectivity index (χ0n) is 23.9. The lowest BCUT2D eigenvalue weighted by Gasteiger charge is -2.31. The van der Waals surface area contributed by atoms with Gasteiger partial charge in [-0.15, -0.1) is 0 Å². The van der Waals surface area contributed by atoms with Crippen LogP contribution in [0.4, 0.5) is 33.5 Å². The molecule has 3 aromatic rings. The van der Waals surface area contributed by atoms with Gasteiger partial charge in [0, 0.05) is 36.5 Å². The first-order chi connectivity index (χ1) is 20.5. The third-order valence-corrected chi connectivity index (χ3v) is 9.60. The minimum absolute atomic E-state index is 0.0473. The molecule has 4 fully saturated rings. The van der Waals surface area contributed by atoms with Crippen LogP contribution < -0.4 is 15.4 Å². The van der Waals surface area contributed by atoms with Gasteiger partial charge in [-0.25, -0.2) is 8.78 Å². The Morgan fingerprint density at radius 3 is 2.77 bits per heavy atom. The Kier molecular flexibility index (Phi) is 6.57. The fourth-order valence-corrected chi connectivity index (χ4v) is 7.62. The topological polar surface area (TPSA) is 80.4 Å². The number of nitrogens with two attached hydrogens (primary N) is 1. The van der Waals surface area contributed by atoms with E-state index < -0.39 is 41.0 Å². The maximum Gasteiger partial charge on any atom is 0.417 e. The van der Waals surface area contributed by atoms with Gasteiger partial charge in [-0.1, -0.05) is 18.6 Å². The second-order valence-electron chi connectivity index (χ2n) is 12.5. The van der Waals surface area contributed by atoms with Gasteiger partial charge >= 0.3 is 12.2 Å². The number of nitrogen functional groups attached to an aromatic ring is 1. The summed E-state index contributed by atoms with van der Waals surface area (Å²) in [5.41, 5.74) is 4.41. The van der Waals surface area contributed by atoms with E-state index in [2.05, 4.69) is 26.4 Å². The molecule has 5 heterocycles. The highest BCUT2D eigenvalue weighted by Gasteiger charge is 2.55. The van der Waals surface area contributed by atoms with E-state index in [0.29, 0.717) is 6.54 Å². The molecular weight excluding hydrogens is 567 g/mol. The molecule has 1 aliphatic carbocycles. The van der Waals surface area contributed by atoms with E-state index in [1.54, 1.807) is 0 Å². The second-order valence-corrected chi connectivity index (χ2v) is 12.5. The predicted octanol–water partition coefficient (Wildman–Crippen LogP) is 6.24. The van der Waals surface area contributed by atoms with E-state index in [1.807, 2.05) is 4.90 Å². The lowest BCUT2D eigenvalue weighted by Crippen LogP contribution is -2.43. The van der Waals surface area contributed by atoms with Crippen LogP contribution in [0.15, 0.2) is 30.5 Å². The Balaban J connectivity index is 1.37. The van der Waals surface area contributed by atoms with Crippen molar-refractivity contribution < 1.29 is 26.7 Å². The molecule has 0 bridgehead atoms. The van der Waals surface area contributed by atoms with Crippen molar-refractivity contribution in [2.24, 2.45) is 5.92 Å². The molecule has 0 spiro atoms. The minimum atomic E-state index is -4.78. The van der Waals surface area contributed by atoms with Crippen LogP contribution >= 0.6 is 0 Å². The largest absolute Gasteiger partial charge is 0.461 e. The van der Waals surface area contributed by atoms with Crippen LogP contribution in [0, 0.1) is 18.7 Å². The van der Waals surface area contributed by atoms with Crippen molar-refractivity contribution >= 4 is 22.4 Å². The normalized spacial score (nSPS) is 27.3. The first-order valence-corrected chi connectivity index (χ1v) is 14.8. The van der Waals surface area contributed by atoms with Gasteiger partial charge < -0.3 is 15.4 Å². The van der Waals surface area contributed by atoms with Gasteiger partial charge in [0.05, 0.1) is 22.5 Å². The van der Waals surface area contributed by atoms with Gasteiger partial charge in [-0.3, -0.25) is 9.88 Å². The number of fused-ring (bicyclic) bond motifs is 3. The Bertz CT molecular complexity index is 1630. The van der Waals surface area contributed by atoms with Gasteiger partial charge in [0.1, 0.15) is 29.8 Å². The highest BCUT2D eigenvalue weighted by molar-refractivity contribution is 5.93. The predicted molar refractivity (Wildman–Crippen MR) is 153 cm³/mol. The molecule has 43 heavy (non-hydrogen) atoms. The molecule has 0 amide bonds. The summed E-state index contributed by atoms with van der Waals surface area (Å²) in [5.74, 6) is -0.907. The van der Waals surface area contributed by atoms with E-state index in [4.69, 9.17) is 10.5 Å². The molecule has 3 saturated heterocycles. The molecule has 7 rings (SSSR count). The Hall–Kier alpha value is -3.54. The van der Waals surface area contributed by atoms with Crippen LogP contribution in [0.2, 0.25) is 0 Å². The average Bonchev–Trinajstić information content (AvgIpc) is 3.34. The molecule has 12 heteroatoms. The first-order valence-electron chi connectivity index (χ1n) is 14.8. The summed E-state index contributed by atoms with van der Waals surface area (Å²) >= 11 is 0. The highest BCUT2D eigenvalue weighted by atomic mass is 19.4. The third-order valence-electron chi connectivity index (χ3n) is 9.60. The number of alkyl halides is 4. The summed E-state index contributed by atoms with van der Waals surface area (Å²) in [4.78, 5) is 17.4. The maximum absolute atomic E-state index is 16.5. The standard InChI is InChI=1S/C31H33F5N6O/c1-16-12-30(7-5-8-41(30)14-16)15-43-29-39-26-21(28(40-29)42-9-4-3-6-19-23(32)27(19)42)13-38-25(24(26)33)20-11-18(37)10-17(2)22(20)31(34,35)36/h10-11,13,19,23,27H,1,3-9,12,14-15,37H2,2H3/t19-,23-,27-,30+/m1/s1. The van der Waals surface area contributed by atoms with Crippen LogP contribution in [-0.2, 0) is 6.18 Å². The number of benzene rings is 1. The second kappa shape index (κ2) is 10.0. The smallest absolute Gasteiger partial charge is 0.417 e. The van der Waals surface area contributed by atoms with Gasteiger partial charge in [-0.05, 0) is 63.3 Å². The van der Waals surface area contributed by atoms with Crippen molar-refractivity contribution in [2.45, 2.75) is 69.4 Å². The van der Waals surface area contributed by atoms with Gasteiger partial charge in [0.25, 0.3) is 0 Å². The van der Waals surface area contributed by atoms with E-state index >= 15 is 4.39 Å². The SMILES string of the molecule is C=C1CN2CCC[C@@]2(COc2nc(N3CCCC[C@@H]4[C@@H](F)[C@@H]43)c3cnc(-c4cc(N)cc(C)c4C(F)(F)F)c(F)c3n2)C1. The molecule has 0 radical (unpaired) electrons. The van der Waals surface area contributed by atoms with Gasteiger partial charge in [0.2, 0.25) is 0 Å². The van der Waals surface area contributed by atoms with E-state index in [-0.39, 0.29) is 52.0 Å². The number of aromatic nitrogens is 3. The molecule has 228 valence electrons. The van der Waals surface area contributed by atoms with Gasteiger partial charge in [-0.2, -0.15) is 23.1 Å². The van der Waals surface area contributed by atoms with Crippen LogP contribution in [0.5, 0.6) is 6.01 Å². The zero-order valence-corrected chi connectivity index (χ0v) is 23.9. The van der Waals surface area contributed by atoms with Crippen LogP contribution in [0.3, 0.4) is 0 Å². The summed E-state index contributed by atoms with van der Waals surface area (Å²) in [6, 6.07) is 1.75. The van der Waals surface area contributed by atoms with Gasteiger partial charge in [0.15, 0.2) is 5.82 Å². The Morgan fingerprint density at radius 1 is 1.16 bits per heavy atom. The zero-order chi connectivity index (χ0) is 30.3. The average molecular weight is 601 g/mol. The van der Waals surface area contributed by atoms with Crippen molar-refractivity contribution in [2.75, 3.05) is 36.9 Å². The van der Waals surface area contributed by atoms with Crippen molar-refractivity contribution in [1.82, 2.24) is 19.9 Å². The third kappa shape index (κ3) is 4.69. The lowest BCUT2D eigenvalue weighted by atomic mass is 9.94. The Morgan fingerprint density at radius 2 is 1.98 bits per heavy atom. The van der Waals surface area contributed by atoms with E-state index in [0.717, 1.165) is 63.3 Å². The fourth-order valence-electron chi connectivity index (χ4n) is 7.62. The first kappa shape index (κ1) is 28.2. The number of ether oxygens (including phenoxy) is 1. The summed E-state index contributed by atoms with van der Waals surface area (Å²) in [6.45, 7) is 7.88. The summed E-state index contributed by atoms with van der Waals surface area (Å²) in [5, 5.41) is 0.192. The minimum Gasteiger partial charge on any atom is -0.461 e. The van der Waals surface area contributed by atoms with Crippen molar-refractivity contribution in [3.8, 4) is 17.3 Å². The lowest BCUT2D eigenvalue weighted by molar-refractivity contribution is -0.137. The number of aryl methyl sites for hydroxylation is 1. The van der Waals surface area contributed by atoms with Crippen LogP contribution in [-0.4, -0.2) is 63.8 Å². The maximum atomic E-state index is 16.5. The summed E-state index contributed by atoms with van der Waals surface area (Å²) < 4.78 is 80.0. The fraction of sp³-hybridized carbons (Fsp3) is 0.516. The van der Waals surface area contributed by atoms with Crippen molar-refractivity contribution in [1.29, 1.82) is 0 Å². The molecule has 7 nitrogen and oxygen atoms in total. The molecule has 1 aromatic carbocycles. The molecule has 0 unspecified atom stereocenters. The molecule has 3 aliphatic heterocycles. The number of halogens is 5. The van der Waals surface area contributed by atoms with Crippen LogP contribution in [0.25, 0.3) is 22.2 Å². The highest BCUT2D eigenvalue weighted by Crippen LogP contribution is 2.48. The molecule has 2 aromatic heterocycles. The monoisotopic (exact) mass is 600 g/mol. The molecule has 4 atom stereocenters. The quantitative estimate of drug-likeness (QED) is 0.211. The molecule has 1 saturated carbocycles. The van der Waals surface area contributed by atoms with Crippen molar-refractivity contribution in [3.63, 3.8) is 0 Å². The number of hydrogen-bond donors (Lipinski definition) is 1. The molecule has 2 N–H and O–H groups in total.